The highest BCUT2D eigenvalue weighted by atomic mass is 19.1. The van der Waals surface area contributed by atoms with Gasteiger partial charge in [-0.25, -0.2) is 13.2 Å². The minimum absolute atomic E-state index is 0.126. The Kier molecular flexibility index (Phi) is 4.51. The fourth-order valence-corrected chi connectivity index (χ4v) is 1.32. The molecule has 0 aliphatic carbocycles. The summed E-state index contributed by atoms with van der Waals surface area (Å²) in [4.78, 5) is 11.2. The predicted octanol–water partition coefficient (Wildman–Crippen LogP) is 1.54. The Morgan fingerprint density at radius 2 is 1.88 bits per heavy atom. The molecule has 0 saturated heterocycles. The minimum Gasteiger partial charge on any atom is -0.465 e. The summed E-state index contributed by atoms with van der Waals surface area (Å²) in [5.74, 6) is -3.91. The molecule has 0 aliphatic heterocycles. The van der Waals surface area contributed by atoms with Crippen LogP contribution in [0.2, 0.25) is 0 Å². The molecule has 0 radical (unpaired) electrons. The molecule has 1 atom stereocenters. The molecule has 6 heteroatoms. The van der Waals surface area contributed by atoms with Gasteiger partial charge in [0.05, 0.1) is 6.61 Å². The molecule has 1 unspecified atom stereocenters. The Labute approximate surface area is 96.4 Å². The van der Waals surface area contributed by atoms with Gasteiger partial charge < -0.3 is 10.5 Å². The van der Waals surface area contributed by atoms with Crippen LogP contribution in [-0.2, 0) is 16.0 Å². The van der Waals surface area contributed by atoms with Gasteiger partial charge in [0.25, 0.3) is 0 Å². The maximum Gasteiger partial charge on any atom is 0.323 e. The van der Waals surface area contributed by atoms with Crippen molar-refractivity contribution < 1.29 is 22.7 Å². The summed E-state index contributed by atoms with van der Waals surface area (Å²) in [7, 11) is 0. The Morgan fingerprint density at radius 1 is 1.35 bits per heavy atom. The Hall–Kier alpha value is -1.56. The number of benzene rings is 1. The smallest absolute Gasteiger partial charge is 0.323 e. The van der Waals surface area contributed by atoms with Gasteiger partial charge in [0, 0.05) is 24.1 Å². The van der Waals surface area contributed by atoms with Gasteiger partial charge in [0.15, 0.2) is 0 Å². The first-order valence-electron chi connectivity index (χ1n) is 5.01. The molecule has 1 aromatic carbocycles. The van der Waals surface area contributed by atoms with Gasteiger partial charge in [-0.1, -0.05) is 0 Å². The van der Waals surface area contributed by atoms with Crippen molar-refractivity contribution in [2.75, 3.05) is 6.61 Å². The van der Waals surface area contributed by atoms with Crippen LogP contribution in [0.15, 0.2) is 12.1 Å². The van der Waals surface area contributed by atoms with Crippen LogP contribution in [0.1, 0.15) is 12.5 Å². The van der Waals surface area contributed by atoms with E-state index in [-0.39, 0.29) is 13.0 Å². The summed E-state index contributed by atoms with van der Waals surface area (Å²) in [5.41, 5.74) is 4.99. The molecule has 0 bridgehead atoms. The Bertz CT molecular complexity index is 400. The highest BCUT2D eigenvalue weighted by Gasteiger charge is 2.20. The third kappa shape index (κ3) is 3.45. The van der Waals surface area contributed by atoms with Crippen molar-refractivity contribution >= 4 is 5.97 Å². The van der Waals surface area contributed by atoms with E-state index in [1.165, 1.54) is 0 Å². The van der Waals surface area contributed by atoms with Gasteiger partial charge in [0.2, 0.25) is 0 Å². The molecule has 0 saturated carbocycles. The predicted molar refractivity (Wildman–Crippen MR) is 54.6 cm³/mol. The molecule has 0 fully saturated rings. The number of hydrogen-bond donors (Lipinski definition) is 1. The summed E-state index contributed by atoms with van der Waals surface area (Å²) in [5, 5.41) is 0. The van der Waals surface area contributed by atoms with Crippen molar-refractivity contribution in [3.63, 3.8) is 0 Å². The number of carbonyl (C=O) groups excluding carboxylic acids is 1. The SMILES string of the molecule is CCOC(=O)C(N)Cc1c(F)cc(F)cc1F. The van der Waals surface area contributed by atoms with E-state index in [0.29, 0.717) is 12.1 Å². The van der Waals surface area contributed by atoms with Crippen molar-refractivity contribution in [3.05, 3.63) is 35.1 Å². The second-order valence-corrected chi connectivity index (χ2v) is 3.41. The largest absolute Gasteiger partial charge is 0.465 e. The monoisotopic (exact) mass is 247 g/mol. The number of nitrogens with two attached hydrogens (primary N) is 1. The zero-order valence-corrected chi connectivity index (χ0v) is 9.17. The first-order chi connectivity index (χ1) is 7.95. The van der Waals surface area contributed by atoms with Crippen molar-refractivity contribution in [1.29, 1.82) is 0 Å². The van der Waals surface area contributed by atoms with Crippen molar-refractivity contribution in [1.82, 2.24) is 0 Å². The lowest BCUT2D eigenvalue weighted by atomic mass is 10.1. The fourth-order valence-electron chi connectivity index (χ4n) is 1.32. The highest BCUT2D eigenvalue weighted by molar-refractivity contribution is 5.75. The van der Waals surface area contributed by atoms with Crippen LogP contribution < -0.4 is 5.73 Å². The molecule has 1 aromatic rings. The number of carbonyl (C=O) groups is 1. The van der Waals surface area contributed by atoms with E-state index >= 15 is 0 Å². The number of hydrogen-bond acceptors (Lipinski definition) is 3. The lowest BCUT2D eigenvalue weighted by Crippen LogP contribution is -2.35. The van der Waals surface area contributed by atoms with Gasteiger partial charge in [0.1, 0.15) is 23.5 Å². The molecule has 0 amide bonds. The second kappa shape index (κ2) is 5.67. The van der Waals surface area contributed by atoms with Crippen LogP contribution in [-0.4, -0.2) is 18.6 Å². The lowest BCUT2D eigenvalue weighted by molar-refractivity contribution is -0.144. The number of esters is 1. The van der Waals surface area contributed by atoms with Crippen molar-refractivity contribution in [2.45, 2.75) is 19.4 Å². The van der Waals surface area contributed by atoms with E-state index in [1.54, 1.807) is 6.92 Å². The maximum atomic E-state index is 13.2. The topological polar surface area (TPSA) is 52.3 Å². The molecular weight excluding hydrogens is 235 g/mol. The quantitative estimate of drug-likeness (QED) is 0.821. The van der Waals surface area contributed by atoms with E-state index < -0.39 is 35.0 Å². The molecule has 94 valence electrons. The average Bonchev–Trinajstić information content (AvgIpc) is 2.23. The molecule has 2 N–H and O–H groups in total. The molecular formula is C11H12F3NO2. The molecule has 1 rings (SSSR count). The van der Waals surface area contributed by atoms with Crippen LogP contribution >= 0.6 is 0 Å². The average molecular weight is 247 g/mol. The zero-order chi connectivity index (χ0) is 13.0. The summed E-state index contributed by atoms with van der Waals surface area (Å²) in [6, 6.07) is -0.101. The van der Waals surface area contributed by atoms with Gasteiger partial charge >= 0.3 is 5.97 Å². The first-order valence-corrected chi connectivity index (χ1v) is 5.01. The van der Waals surface area contributed by atoms with Crippen LogP contribution in [0.3, 0.4) is 0 Å². The highest BCUT2D eigenvalue weighted by Crippen LogP contribution is 2.16. The van der Waals surface area contributed by atoms with E-state index in [1.807, 2.05) is 0 Å². The third-order valence-corrected chi connectivity index (χ3v) is 2.12. The van der Waals surface area contributed by atoms with Gasteiger partial charge in [-0.15, -0.1) is 0 Å². The van der Waals surface area contributed by atoms with Crippen molar-refractivity contribution in [2.24, 2.45) is 5.73 Å². The lowest BCUT2D eigenvalue weighted by Gasteiger charge is -2.11. The van der Waals surface area contributed by atoms with Gasteiger partial charge in [-0.3, -0.25) is 4.79 Å². The zero-order valence-electron chi connectivity index (χ0n) is 9.17. The van der Waals surface area contributed by atoms with E-state index in [4.69, 9.17) is 5.73 Å². The van der Waals surface area contributed by atoms with Crippen molar-refractivity contribution in [3.8, 4) is 0 Å². The fraction of sp³-hybridized carbons (Fsp3) is 0.364. The van der Waals surface area contributed by atoms with Gasteiger partial charge in [-0.2, -0.15) is 0 Å². The molecule has 0 spiro atoms. The van der Waals surface area contributed by atoms with Crippen LogP contribution in [0.5, 0.6) is 0 Å². The second-order valence-electron chi connectivity index (χ2n) is 3.41. The molecule has 0 aromatic heterocycles. The Morgan fingerprint density at radius 3 is 2.35 bits per heavy atom. The van der Waals surface area contributed by atoms with Crippen LogP contribution in [0.25, 0.3) is 0 Å². The summed E-state index contributed by atoms with van der Waals surface area (Å²) >= 11 is 0. The number of halogens is 3. The summed E-state index contributed by atoms with van der Waals surface area (Å²) in [6.45, 7) is 1.71. The Balaban J connectivity index is 2.85. The normalized spacial score (nSPS) is 12.3. The number of ether oxygens (including phenoxy) is 1. The number of rotatable bonds is 4. The maximum absolute atomic E-state index is 13.2. The third-order valence-electron chi connectivity index (χ3n) is 2.12. The molecule has 3 nitrogen and oxygen atoms in total. The minimum atomic E-state index is -1.18. The van der Waals surface area contributed by atoms with E-state index in [9.17, 15) is 18.0 Å². The van der Waals surface area contributed by atoms with E-state index in [2.05, 4.69) is 4.74 Å². The standard InChI is InChI=1S/C11H12F3NO2/c1-2-17-11(16)10(15)5-7-8(13)3-6(12)4-9(7)14/h3-4,10H,2,5,15H2,1H3. The van der Waals surface area contributed by atoms with Crippen LogP contribution in [0.4, 0.5) is 13.2 Å². The van der Waals surface area contributed by atoms with Crippen LogP contribution in [0, 0.1) is 17.5 Å². The van der Waals surface area contributed by atoms with Gasteiger partial charge in [-0.05, 0) is 6.92 Å². The van der Waals surface area contributed by atoms with E-state index in [0.717, 1.165) is 0 Å². The molecule has 0 heterocycles. The first kappa shape index (κ1) is 13.5. The molecule has 17 heavy (non-hydrogen) atoms. The summed E-state index contributed by atoms with van der Waals surface area (Å²) < 4.78 is 43.7. The molecule has 0 aliphatic rings. The summed E-state index contributed by atoms with van der Waals surface area (Å²) in [6.07, 6.45) is -0.378.